The molecule has 0 N–H and O–H groups in total. The van der Waals surface area contributed by atoms with Gasteiger partial charge >= 0.3 is 0 Å². The number of nitro groups is 1. The second-order valence-corrected chi connectivity index (χ2v) is 8.45. The van der Waals surface area contributed by atoms with E-state index in [0.717, 1.165) is 43.4 Å². The predicted molar refractivity (Wildman–Crippen MR) is 124 cm³/mol. The van der Waals surface area contributed by atoms with E-state index in [2.05, 4.69) is 9.80 Å². The summed E-state index contributed by atoms with van der Waals surface area (Å²) in [5.41, 5.74) is 1.10. The minimum absolute atomic E-state index is 0.105. The number of fused-ring (bicyclic) bond motifs is 1. The lowest BCUT2D eigenvalue weighted by Gasteiger charge is -2.35. The maximum atomic E-state index is 10.9. The van der Waals surface area contributed by atoms with Gasteiger partial charge in [0.1, 0.15) is 6.61 Å². The van der Waals surface area contributed by atoms with Crippen molar-refractivity contribution in [1.82, 2.24) is 19.2 Å². The molecule has 1 saturated heterocycles. The van der Waals surface area contributed by atoms with E-state index in [1.54, 1.807) is 24.3 Å². The Kier molecular flexibility index (Phi) is 5.73. The fourth-order valence-corrected chi connectivity index (χ4v) is 4.34. The number of benzene rings is 2. The number of piperazine rings is 1. The lowest BCUT2D eigenvalue weighted by Crippen LogP contribution is -2.47. The number of nitro benzene ring substituents is 1. The molecular formula is C22H24N6O4S. The maximum Gasteiger partial charge on any atom is 0.269 e. The first-order valence-electron chi connectivity index (χ1n) is 10.7. The third-order valence-electron chi connectivity index (χ3n) is 6.00. The van der Waals surface area contributed by atoms with Crippen molar-refractivity contribution in [3.63, 3.8) is 0 Å². The summed E-state index contributed by atoms with van der Waals surface area (Å²) in [6, 6.07) is 14.3. The molecule has 5 rings (SSSR count). The quantitative estimate of drug-likeness (QED) is 0.320. The molecule has 0 spiro atoms. The average molecular weight is 469 g/mol. The van der Waals surface area contributed by atoms with Gasteiger partial charge in [-0.3, -0.25) is 15.0 Å². The summed E-state index contributed by atoms with van der Waals surface area (Å²) < 4.78 is 16.3. The molecule has 0 amide bonds. The monoisotopic (exact) mass is 468 g/mol. The first-order chi connectivity index (χ1) is 16.0. The summed E-state index contributed by atoms with van der Waals surface area (Å²) in [4.78, 5) is 15.0. The van der Waals surface area contributed by atoms with E-state index in [1.165, 1.54) is 0 Å². The van der Waals surface area contributed by atoms with Gasteiger partial charge in [-0.15, -0.1) is 0 Å². The Bertz CT molecular complexity index is 1220. The standard InChI is InChI=1S/C22H24N6O4S/c1-24-21(20-14-31-18-4-2-3-5-19(18)32-20)23-27(22(24)33)15-25-10-12-26(13-11-25)16-6-8-17(9-7-16)28(29)30/h2-9,20H,10-15H2,1H3. The first-order valence-corrected chi connectivity index (χ1v) is 11.1. The highest BCUT2D eigenvalue weighted by Gasteiger charge is 2.28. The zero-order valence-corrected chi connectivity index (χ0v) is 19.0. The first kappa shape index (κ1) is 21.4. The Balaban J connectivity index is 1.23. The van der Waals surface area contributed by atoms with Crippen LogP contribution in [0, 0.1) is 14.9 Å². The van der Waals surface area contributed by atoms with E-state index >= 15 is 0 Å². The van der Waals surface area contributed by atoms with Crippen molar-refractivity contribution in [2.75, 3.05) is 37.7 Å². The van der Waals surface area contributed by atoms with Gasteiger partial charge in [0.2, 0.25) is 0 Å². The van der Waals surface area contributed by atoms with Gasteiger partial charge in [-0.05, 0) is 36.5 Å². The van der Waals surface area contributed by atoms with Gasteiger partial charge in [0.15, 0.2) is 28.2 Å². The molecule has 3 aromatic rings. The molecule has 1 unspecified atom stereocenters. The van der Waals surface area contributed by atoms with E-state index in [-0.39, 0.29) is 16.7 Å². The van der Waals surface area contributed by atoms with Gasteiger partial charge < -0.3 is 18.9 Å². The van der Waals surface area contributed by atoms with Crippen LogP contribution in [-0.4, -0.2) is 57.0 Å². The largest absolute Gasteiger partial charge is 0.485 e. The number of nitrogens with zero attached hydrogens (tertiary/aromatic N) is 6. The van der Waals surface area contributed by atoms with Crippen LogP contribution in [0.15, 0.2) is 48.5 Å². The zero-order chi connectivity index (χ0) is 22.9. The molecule has 11 heteroatoms. The van der Waals surface area contributed by atoms with Crippen LogP contribution in [0.4, 0.5) is 11.4 Å². The summed E-state index contributed by atoms with van der Waals surface area (Å²) in [6.45, 7) is 4.28. The van der Waals surface area contributed by atoms with Crippen molar-refractivity contribution < 1.29 is 14.4 Å². The van der Waals surface area contributed by atoms with Crippen LogP contribution in [0.2, 0.25) is 0 Å². The molecule has 2 aromatic carbocycles. The van der Waals surface area contributed by atoms with Crippen molar-refractivity contribution in [3.8, 4) is 11.5 Å². The normalized spacial score (nSPS) is 18.3. The highest BCUT2D eigenvalue weighted by Crippen LogP contribution is 2.35. The molecule has 1 fully saturated rings. The number of ether oxygens (including phenoxy) is 2. The molecule has 1 atom stereocenters. The fourth-order valence-electron chi connectivity index (χ4n) is 4.15. The van der Waals surface area contributed by atoms with Crippen LogP contribution in [-0.2, 0) is 13.7 Å². The number of non-ortho nitro benzene ring substituents is 1. The molecule has 0 radical (unpaired) electrons. The number of para-hydroxylation sites is 2. The molecule has 0 saturated carbocycles. The molecule has 2 aliphatic heterocycles. The molecule has 1 aromatic heterocycles. The van der Waals surface area contributed by atoms with Crippen LogP contribution in [0.3, 0.4) is 0 Å². The molecule has 10 nitrogen and oxygen atoms in total. The van der Waals surface area contributed by atoms with Crippen LogP contribution < -0.4 is 14.4 Å². The second kappa shape index (κ2) is 8.83. The summed E-state index contributed by atoms with van der Waals surface area (Å²) in [5.74, 6) is 2.18. The smallest absolute Gasteiger partial charge is 0.269 e. The van der Waals surface area contributed by atoms with Crippen LogP contribution in [0.1, 0.15) is 11.9 Å². The van der Waals surface area contributed by atoms with Gasteiger partial charge in [-0.2, -0.15) is 5.10 Å². The van der Waals surface area contributed by atoms with Crippen molar-refractivity contribution >= 4 is 23.6 Å². The Hall–Kier alpha value is -3.44. The number of anilines is 1. The van der Waals surface area contributed by atoms with E-state index in [1.807, 2.05) is 40.6 Å². The summed E-state index contributed by atoms with van der Waals surface area (Å²) in [5, 5.41) is 15.6. The third-order valence-corrected chi connectivity index (χ3v) is 6.49. The molecule has 2 aliphatic rings. The second-order valence-electron chi connectivity index (χ2n) is 8.08. The van der Waals surface area contributed by atoms with Gasteiger partial charge in [0, 0.05) is 51.0 Å². The van der Waals surface area contributed by atoms with E-state index in [0.29, 0.717) is 23.8 Å². The number of hydrogen-bond acceptors (Lipinski definition) is 8. The van der Waals surface area contributed by atoms with Crippen molar-refractivity contribution in [3.05, 3.63) is 69.2 Å². The maximum absolute atomic E-state index is 10.9. The number of hydrogen-bond donors (Lipinski definition) is 0. The fraction of sp³-hybridized carbons (Fsp3) is 0.364. The average Bonchev–Trinajstić information content (AvgIpc) is 3.13. The van der Waals surface area contributed by atoms with Crippen molar-refractivity contribution in [2.24, 2.45) is 7.05 Å². The predicted octanol–water partition coefficient (Wildman–Crippen LogP) is 3.15. The molecule has 3 heterocycles. The molecule has 33 heavy (non-hydrogen) atoms. The lowest BCUT2D eigenvalue weighted by atomic mass is 10.2. The van der Waals surface area contributed by atoms with Gasteiger partial charge in [-0.25, -0.2) is 4.68 Å². The molecule has 0 bridgehead atoms. The number of rotatable bonds is 5. The van der Waals surface area contributed by atoms with Gasteiger partial charge in [-0.1, -0.05) is 12.1 Å². The van der Waals surface area contributed by atoms with Crippen LogP contribution in [0.5, 0.6) is 11.5 Å². The third kappa shape index (κ3) is 4.29. The van der Waals surface area contributed by atoms with E-state index in [9.17, 15) is 10.1 Å². The van der Waals surface area contributed by atoms with E-state index < -0.39 is 0 Å². The topological polar surface area (TPSA) is 90.8 Å². The Morgan fingerprint density at radius 3 is 2.48 bits per heavy atom. The van der Waals surface area contributed by atoms with Gasteiger partial charge in [0.25, 0.3) is 5.69 Å². The summed E-state index contributed by atoms with van der Waals surface area (Å²) >= 11 is 5.64. The minimum atomic E-state index is -0.379. The SMILES string of the molecule is Cn1c(C2COc3ccccc3O2)nn(CN2CCN(c3ccc([N+](=O)[O-])cc3)CC2)c1=S. The zero-order valence-electron chi connectivity index (χ0n) is 18.2. The Morgan fingerprint density at radius 1 is 1.09 bits per heavy atom. The highest BCUT2D eigenvalue weighted by molar-refractivity contribution is 7.71. The lowest BCUT2D eigenvalue weighted by molar-refractivity contribution is -0.384. The van der Waals surface area contributed by atoms with E-state index in [4.69, 9.17) is 26.8 Å². The molecule has 172 valence electrons. The number of aromatic nitrogens is 3. The van der Waals surface area contributed by atoms with Crippen LogP contribution in [0.25, 0.3) is 0 Å². The Labute approximate surface area is 195 Å². The molecular weight excluding hydrogens is 444 g/mol. The summed E-state index contributed by atoms with van der Waals surface area (Å²) in [6.07, 6.45) is -0.327. The Morgan fingerprint density at radius 2 is 1.79 bits per heavy atom. The van der Waals surface area contributed by atoms with Crippen molar-refractivity contribution in [2.45, 2.75) is 12.8 Å². The molecule has 0 aliphatic carbocycles. The minimum Gasteiger partial charge on any atom is -0.485 e. The summed E-state index contributed by atoms with van der Waals surface area (Å²) in [7, 11) is 1.90. The highest BCUT2D eigenvalue weighted by atomic mass is 32.1. The van der Waals surface area contributed by atoms with Crippen LogP contribution >= 0.6 is 12.2 Å². The van der Waals surface area contributed by atoms with Crippen molar-refractivity contribution in [1.29, 1.82) is 0 Å². The van der Waals surface area contributed by atoms with Gasteiger partial charge in [0.05, 0.1) is 11.6 Å².